The lowest BCUT2D eigenvalue weighted by atomic mass is 9.39. The van der Waals surface area contributed by atoms with Crippen molar-refractivity contribution >= 4 is 91.7 Å². The van der Waals surface area contributed by atoms with Gasteiger partial charge in [0.15, 0.2) is 16.9 Å². The number of thiazole rings is 1. The number of imide groups is 1. The second-order valence-electron chi connectivity index (χ2n) is 30.2. The number of ether oxygens (including phenoxy) is 8. The van der Waals surface area contributed by atoms with Crippen LogP contribution in [0.1, 0.15) is 115 Å². The first-order chi connectivity index (χ1) is 53.7. The molecule has 3 aromatic heterocycles. The fourth-order valence-electron chi connectivity index (χ4n) is 17.1. The summed E-state index contributed by atoms with van der Waals surface area (Å²) in [5, 5.41) is 68.5. The number of nitrogens with zero attached hydrogens (tertiary/aromatic N) is 7. The summed E-state index contributed by atoms with van der Waals surface area (Å²) in [6.07, 6.45) is -0.722. The molecule has 33 nitrogen and oxygen atoms in total. The Balaban J connectivity index is 0.592. The summed E-state index contributed by atoms with van der Waals surface area (Å²) in [4.78, 5) is 128. The maximum absolute atomic E-state index is 13.8. The summed E-state index contributed by atoms with van der Waals surface area (Å²) in [6, 6.07) is 21.3. The number of fused-ring (bicyclic) bond motifs is 2. The average molecular weight is 1570 g/mol. The number of carboxylic acids is 2. The number of para-hydroxylation sites is 1. The number of amides is 7. The van der Waals surface area contributed by atoms with Crippen LogP contribution in [0.15, 0.2) is 91.1 Å². The molecule has 0 spiro atoms. The molecule has 34 heteroatoms. The monoisotopic (exact) mass is 1570 g/mol. The number of carboxylic acid groups (broad SMARTS) is 2. The van der Waals surface area contributed by atoms with Crippen molar-refractivity contribution in [3.63, 3.8) is 0 Å². The number of hydrogen-bond donors (Lipinski definition) is 9. The number of aliphatic hydroxyl groups is 3. The molecule has 0 radical (unpaired) electrons. The van der Waals surface area contributed by atoms with Gasteiger partial charge in [-0.3, -0.25) is 43.7 Å². The molecule has 3 aromatic carbocycles. The smallest absolute Gasteiger partial charge is 0.409 e. The van der Waals surface area contributed by atoms with Gasteiger partial charge in [0.25, 0.3) is 17.7 Å². The molecule has 4 unspecified atom stereocenters. The second kappa shape index (κ2) is 35.9. The number of aromatic carboxylic acids is 1. The number of likely N-dealkylation sites (N-methyl/N-ethyl adjacent to an activating group) is 1. The van der Waals surface area contributed by atoms with Crippen molar-refractivity contribution in [3.05, 3.63) is 125 Å². The van der Waals surface area contributed by atoms with Crippen molar-refractivity contribution in [1.82, 2.24) is 40.2 Å². The van der Waals surface area contributed by atoms with Crippen molar-refractivity contribution < 1.29 is 107 Å². The number of anilines is 3. The molecule has 600 valence electrons. The zero-order valence-electron chi connectivity index (χ0n) is 62.9. The van der Waals surface area contributed by atoms with Gasteiger partial charge in [0.2, 0.25) is 24.0 Å². The standard InChI is InChI=1S/C78H95N11O22S/c1-47-52(50-13-15-58(84-64(50)70(99)100)87-24-19-49-8-7-9-51(53(49)38-87)69(98)85-73-83-54-10-5-6-11-57(54)112-73)37-81-89(47)46-77-41-75(2)40-76(3,42-77)44-78(43-75,45-77)109-29-26-86(4)74(103)108-39-48-12-14-56(110-72-67(97)65(95)66(96)68(111-72)71(101)102)55(36-48)82-61(92)18-22-79-60(91)21-27-104-30-32-106-34-35-107-33-31-105-28-23-80-59(90)20-25-88-62(93)16-17-63(88)94/h5-17,36-37,65-68,72,95-97H,18-35,38-46H2,1-4H3,(H,79,91)(H,80,90)(H,82,92)(H,99,100)(H,101,102)(H,83,85,98)/t65-,66?,67?,68-,72+,75?,76?,77?,78?/m0/s1. The van der Waals surface area contributed by atoms with E-state index in [2.05, 4.69) is 40.1 Å². The maximum Gasteiger partial charge on any atom is 0.409 e. The van der Waals surface area contributed by atoms with Gasteiger partial charge >= 0.3 is 18.0 Å². The van der Waals surface area contributed by atoms with Crippen LogP contribution >= 0.6 is 11.3 Å². The van der Waals surface area contributed by atoms with Crippen LogP contribution < -0.4 is 30.9 Å². The molecule has 112 heavy (non-hydrogen) atoms. The zero-order chi connectivity index (χ0) is 79.5. The van der Waals surface area contributed by atoms with Gasteiger partial charge in [-0.1, -0.05) is 55.5 Å². The highest BCUT2D eigenvalue weighted by atomic mass is 32.1. The fourth-order valence-corrected chi connectivity index (χ4v) is 17.9. The molecule has 6 heterocycles. The minimum absolute atomic E-state index is 0.00128. The van der Waals surface area contributed by atoms with Crippen molar-refractivity contribution in [2.24, 2.45) is 16.2 Å². The molecule has 7 atom stereocenters. The summed E-state index contributed by atoms with van der Waals surface area (Å²) in [6.45, 7) is 10.2. The maximum atomic E-state index is 13.8. The molecular formula is C78H95N11O22S. The van der Waals surface area contributed by atoms with Gasteiger partial charge in [-0.05, 0) is 127 Å². The third-order valence-corrected chi connectivity index (χ3v) is 22.1. The van der Waals surface area contributed by atoms with E-state index in [0.717, 1.165) is 82.6 Å². The molecule has 4 aliphatic carbocycles. The van der Waals surface area contributed by atoms with E-state index in [1.807, 2.05) is 59.0 Å². The number of aliphatic carboxylic acids is 1. The van der Waals surface area contributed by atoms with Gasteiger partial charge < -0.3 is 89.2 Å². The predicted molar refractivity (Wildman–Crippen MR) is 403 cm³/mol. The number of rotatable bonds is 38. The topological polar surface area (TPSA) is 430 Å². The molecule has 1 saturated heterocycles. The highest BCUT2D eigenvalue weighted by Crippen LogP contribution is 2.72. The van der Waals surface area contributed by atoms with Crippen LogP contribution in [0.2, 0.25) is 0 Å². The van der Waals surface area contributed by atoms with Crippen molar-refractivity contribution in [1.29, 1.82) is 0 Å². The lowest BCUT2D eigenvalue weighted by molar-refractivity contribution is -0.271. The predicted octanol–water partition coefficient (Wildman–Crippen LogP) is 5.38. The number of aromatic nitrogens is 4. The van der Waals surface area contributed by atoms with Crippen molar-refractivity contribution in [2.75, 3.05) is 115 Å². The number of carbonyl (C=O) groups excluding carboxylic acids is 7. The largest absolute Gasteiger partial charge is 0.479 e. The quantitative estimate of drug-likeness (QED) is 0.0173. The molecule has 9 N–H and O–H groups in total. The molecule has 6 aromatic rings. The first-order valence-corrected chi connectivity index (χ1v) is 38.2. The minimum Gasteiger partial charge on any atom is -0.479 e. The Morgan fingerprint density at radius 3 is 2.12 bits per heavy atom. The third-order valence-electron chi connectivity index (χ3n) is 21.1. The fraction of sp³-hybridized carbons (Fsp3) is 0.513. The van der Waals surface area contributed by atoms with E-state index in [9.17, 15) is 68.7 Å². The van der Waals surface area contributed by atoms with Crippen LogP contribution in [0.3, 0.4) is 0 Å². The third kappa shape index (κ3) is 19.9. The molecule has 7 aliphatic rings. The number of aliphatic hydroxyl groups excluding tert-OH is 3. The summed E-state index contributed by atoms with van der Waals surface area (Å²) in [5.74, 6) is -5.00. The number of nitrogens with one attached hydrogen (secondary N) is 4. The van der Waals surface area contributed by atoms with E-state index in [0.29, 0.717) is 59.3 Å². The van der Waals surface area contributed by atoms with Crippen molar-refractivity contribution in [3.8, 4) is 16.9 Å². The highest BCUT2D eigenvalue weighted by molar-refractivity contribution is 7.22. The first-order valence-electron chi connectivity index (χ1n) is 37.4. The molecule has 5 fully saturated rings. The Morgan fingerprint density at radius 1 is 0.705 bits per heavy atom. The number of carbonyl (C=O) groups is 9. The first kappa shape index (κ1) is 81.6. The number of pyridine rings is 1. The molecule has 4 bridgehead atoms. The molecule has 7 amide bonds. The molecule has 4 saturated carbocycles. The zero-order valence-corrected chi connectivity index (χ0v) is 63.7. The second-order valence-corrected chi connectivity index (χ2v) is 31.2. The summed E-state index contributed by atoms with van der Waals surface area (Å²) < 4.78 is 48.8. The van der Waals surface area contributed by atoms with E-state index in [1.165, 1.54) is 34.4 Å². The van der Waals surface area contributed by atoms with E-state index in [4.69, 9.17) is 48.0 Å². The molecule has 13 rings (SSSR count). The van der Waals surface area contributed by atoms with Gasteiger partial charge in [-0.15, -0.1) is 0 Å². The minimum atomic E-state index is -2.00. The lowest BCUT2D eigenvalue weighted by Gasteiger charge is -2.69. The lowest BCUT2D eigenvalue weighted by Crippen LogP contribution is -2.64. The molecular weight excluding hydrogens is 1470 g/mol. The van der Waals surface area contributed by atoms with E-state index in [1.54, 1.807) is 25.4 Å². The van der Waals surface area contributed by atoms with Gasteiger partial charge in [0.05, 0.1) is 87.2 Å². The SMILES string of the molecule is Cc1c(-c2ccc(N3CCc4cccc(C(=O)Nc5nc6ccccc6s5)c4C3)nc2C(=O)O)cnn1CC12CC3(C)CC(C)(C1)CC(OCCN(C)C(=O)OCc1ccc(O[C@@H]4O[C@H](C(=O)O)C(O)[C@H](O)C4O)c(NC(=O)CCNC(=O)CCOCCOCCOCCOCCNC(=O)CCN4C(=O)C=CC4=O)c1)(C3)C2. The van der Waals surface area contributed by atoms with Crippen LogP contribution in [-0.2, 0) is 88.0 Å². The Hall–Kier alpha value is -9.88. The highest BCUT2D eigenvalue weighted by Gasteiger charge is 2.66. The van der Waals surface area contributed by atoms with Gasteiger partial charge in [-0.25, -0.2) is 24.4 Å². The van der Waals surface area contributed by atoms with Crippen LogP contribution in [0.25, 0.3) is 21.3 Å². The van der Waals surface area contributed by atoms with E-state index >= 15 is 0 Å². The Bertz CT molecular complexity index is 4440. The Labute approximate surface area is 649 Å². The van der Waals surface area contributed by atoms with E-state index < -0.39 is 78.0 Å². The average Bonchev–Trinajstić information content (AvgIpc) is 1.03. The van der Waals surface area contributed by atoms with Crippen LogP contribution in [0.5, 0.6) is 5.75 Å². The summed E-state index contributed by atoms with van der Waals surface area (Å²) in [5.41, 5.74) is 4.46. The van der Waals surface area contributed by atoms with Gasteiger partial charge in [0.1, 0.15) is 36.5 Å². The van der Waals surface area contributed by atoms with Crippen LogP contribution in [0.4, 0.5) is 21.4 Å². The Kier molecular flexibility index (Phi) is 26.1. The molecule has 3 aliphatic heterocycles. The summed E-state index contributed by atoms with van der Waals surface area (Å²) >= 11 is 1.40. The number of hydrogen-bond acceptors (Lipinski definition) is 25. The summed E-state index contributed by atoms with van der Waals surface area (Å²) in [7, 11) is 1.59. The number of benzene rings is 3. The van der Waals surface area contributed by atoms with E-state index in [-0.39, 0.29) is 157 Å². The van der Waals surface area contributed by atoms with Crippen molar-refractivity contribution in [2.45, 2.75) is 141 Å². The normalized spacial score (nSPS) is 23.6. The van der Waals surface area contributed by atoms with Gasteiger partial charge in [0, 0.05) is 107 Å². The van der Waals surface area contributed by atoms with Crippen LogP contribution in [-0.4, -0.2) is 244 Å². The van der Waals surface area contributed by atoms with Crippen LogP contribution in [0, 0.1) is 23.2 Å². The Morgan fingerprint density at radius 2 is 1.40 bits per heavy atom. The van der Waals surface area contributed by atoms with Gasteiger partial charge in [-0.2, -0.15) is 5.10 Å².